The number of benzene rings is 1. The zero-order chi connectivity index (χ0) is 13.5. The van der Waals surface area contributed by atoms with Gasteiger partial charge in [-0.3, -0.25) is 4.79 Å². The van der Waals surface area contributed by atoms with E-state index in [0.29, 0.717) is 25.2 Å². The minimum absolute atomic E-state index is 0. The predicted octanol–water partition coefficient (Wildman–Crippen LogP) is 1.88. The van der Waals surface area contributed by atoms with Crippen LogP contribution in [-0.4, -0.2) is 31.6 Å². The Morgan fingerprint density at radius 1 is 1.40 bits per heavy atom. The Balaban J connectivity index is 0.00000200. The largest absolute Gasteiger partial charge is 0.494 e. The molecule has 1 heterocycles. The minimum Gasteiger partial charge on any atom is -0.494 e. The summed E-state index contributed by atoms with van der Waals surface area (Å²) in [6.45, 7) is 2.29. The molecule has 1 aliphatic rings. The van der Waals surface area contributed by atoms with E-state index in [4.69, 9.17) is 4.74 Å². The molecule has 0 spiro atoms. The van der Waals surface area contributed by atoms with Crippen LogP contribution in [0.4, 0.5) is 4.39 Å². The number of rotatable bonds is 6. The van der Waals surface area contributed by atoms with Crippen LogP contribution in [0.25, 0.3) is 0 Å². The van der Waals surface area contributed by atoms with Gasteiger partial charge in [-0.05, 0) is 43.7 Å². The van der Waals surface area contributed by atoms with Crippen LogP contribution in [0.1, 0.15) is 19.3 Å². The highest BCUT2D eigenvalue weighted by Crippen LogP contribution is 2.11. The van der Waals surface area contributed by atoms with Crippen molar-refractivity contribution in [2.75, 3.05) is 19.7 Å². The monoisotopic (exact) mass is 302 g/mol. The van der Waals surface area contributed by atoms with Crippen molar-refractivity contribution >= 4 is 18.3 Å². The van der Waals surface area contributed by atoms with Crippen molar-refractivity contribution in [2.24, 2.45) is 0 Å². The van der Waals surface area contributed by atoms with Crippen molar-refractivity contribution in [1.29, 1.82) is 0 Å². The van der Waals surface area contributed by atoms with Gasteiger partial charge in [-0.2, -0.15) is 0 Å². The van der Waals surface area contributed by atoms with Gasteiger partial charge >= 0.3 is 0 Å². The van der Waals surface area contributed by atoms with E-state index in [1.807, 2.05) is 0 Å². The minimum atomic E-state index is -0.281. The topological polar surface area (TPSA) is 50.4 Å². The lowest BCUT2D eigenvalue weighted by Gasteiger charge is -2.11. The van der Waals surface area contributed by atoms with Gasteiger partial charge in [-0.25, -0.2) is 4.39 Å². The van der Waals surface area contributed by atoms with Crippen molar-refractivity contribution in [2.45, 2.75) is 25.3 Å². The molecule has 112 valence electrons. The van der Waals surface area contributed by atoms with Crippen LogP contribution < -0.4 is 15.4 Å². The highest BCUT2D eigenvalue weighted by molar-refractivity contribution is 5.85. The Morgan fingerprint density at radius 3 is 2.80 bits per heavy atom. The molecule has 20 heavy (non-hydrogen) atoms. The van der Waals surface area contributed by atoms with Gasteiger partial charge in [0, 0.05) is 19.0 Å². The maximum absolute atomic E-state index is 12.7. The molecule has 2 N–H and O–H groups in total. The third kappa shape index (κ3) is 5.75. The Bertz CT molecular complexity index is 408. The Labute approximate surface area is 124 Å². The fourth-order valence-electron chi connectivity index (χ4n) is 2.03. The predicted molar refractivity (Wildman–Crippen MR) is 77.8 cm³/mol. The van der Waals surface area contributed by atoms with Crippen molar-refractivity contribution in [3.05, 3.63) is 30.1 Å². The lowest BCUT2D eigenvalue weighted by atomic mass is 10.2. The van der Waals surface area contributed by atoms with Crippen LogP contribution in [-0.2, 0) is 4.79 Å². The van der Waals surface area contributed by atoms with Crippen molar-refractivity contribution < 1.29 is 13.9 Å². The molecular weight excluding hydrogens is 283 g/mol. The summed E-state index contributed by atoms with van der Waals surface area (Å²) in [6, 6.07) is 6.15. The summed E-state index contributed by atoms with van der Waals surface area (Å²) in [5, 5.41) is 6.18. The highest BCUT2D eigenvalue weighted by atomic mass is 35.5. The number of carbonyl (C=O) groups is 1. The van der Waals surface area contributed by atoms with Gasteiger partial charge in [-0.15, -0.1) is 12.4 Å². The van der Waals surface area contributed by atoms with Gasteiger partial charge in [0.25, 0.3) is 0 Å². The third-order valence-electron chi connectivity index (χ3n) is 3.06. The molecule has 0 aromatic heterocycles. The Morgan fingerprint density at radius 2 is 2.15 bits per heavy atom. The molecule has 1 saturated heterocycles. The van der Waals surface area contributed by atoms with Gasteiger partial charge in [-0.1, -0.05) is 0 Å². The van der Waals surface area contributed by atoms with Crippen LogP contribution in [0.2, 0.25) is 0 Å². The summed E-state index contributed by atoms with van der Waals surface area (Å²) >= 11 is 0. The van der Waals surface area contributed by atoms with Gasteiger partial charge < -0.3 is 15.4 Å². The zero-order valence-electron chi connectivity index (χ0n) is 11.2. The molecule has 1 fully saturated rings. The number of amides is 1. The maximum atomic E-state index is 12.7. The van der Waals surface area contributed by atoms with E-state index in [1.165, 1.54) is 12.1 Å². The van der Waals surface area contributed by atoms with Gasteiger partial charge in [0.1, 0.15) is 11.6 Å². The number of nitrogens with one attached hydrogen (secondary N) is 2. The third-order valence-corrected chi connectivity index (χ3v) is 3.06. The fourth-order valence-corrected chi connectivity index (χ4v) is 2.03. The summed E-state index contributed by atoms with van der Waals surface area (Å²) < 4.78 is 18.1. The number of hydrogen-bond donors (Lipinski definition) is 2. The van der Waals surface area contributed by atoms with Crippen molar-refractivity contribution in [1.82, 2.24) is 10.6 Å². The van der Waals surface area contributed by atoms with E-state index in [0.717, 1.165) is 19.5 Å². The fraction of sp³-hybridized carbons (Fsp3) is 0.500. The van der Waals surface area contributed by atoms with Crippen molar-refractivity contribution in [3.8, 4) is 5.75 Å². The van der Waals surface area contributed by atoms with E-state index < -0.39 is 0 Å². The number of carbonyl (C=O) groups excluding carboxylic acids is 1. The van der Waals surface area contributed by atoms with Gasteiger partial charge in [0.2, 0.25) is 5.91 Å². The number of ether oxygens (including phenoxy) is 1. The normalized spacial score (nSPS) is 17.4. The second-order valence-corrected chi connectivity index (χ2v) is 4.66. The first-order valence-electron chi connectivity index (χ1n) is 6.62. The molecule has 0 radical (unpaired) electrons. The summed E-state index contributed by atoms with van der Waals surface area (Å²) in [4.78, 5) is 11.6. The molecule has 1 aliphatic heterocycles. The summed E-state index contributed by atoms with van der Waals surface area (Å²) in [5.41, 5.74) is 0. The second kappa shape index (κ2) is 8.76. The lowest BCUT2D eigenvalue weighted by Crippen LogP contribution is -2.36. The molecule has 2 rings (SSSR count). The average Bonchev–Trinajstić information content (AvgIpc) is 2.89. The second-order valence-electron chi connectivity index (χ2n) is 4.66. The van der Waals surface area contributed by atoms with Crippen LogP contribution in [0.3, 0.4) is 0 Å². The zero-order valence-corrected chi connectivity index (χ0v) is 12.0. The first kappa shape index (κ1) is 16.7. The summed E-state index contributed by atoms with van der Waals surface area (Å²) in [5.74, 6) is 0.412. The SMILES string of the molecule is Cl.O=C(CCCOc1ccc(F)cc1)NC1CCNC1. The number of hydrogen-bond acceptors (Lipinski definition) is 3. The van der Waals surface area contributed by atoms with E-state index in [2.05, 4.69) is 10.6 Å². The molecule has 1 unspecified atom stereocenters. The molecular formula is C14H20ClFN2O2. The van der Waals surface area contributed by atoms with Gasteiger partial charge in [0.05, 0.1) is 6.61 Å². The van der Waals surface area contributed by atoms with E-state index in [1.54, 1.807) is 12.1 Å². The van der Waals surface area contributed by atoms with Crippen LogP contribution in [0, 0.1) is 5.82 Å². The van der Waals surface area contributed by atoms with E-state index in [9.17, 15) is 9.18 Å². The molecule has 6 heteroatoms. The quantitative estimate of drug-likeness (QED) is 0.789. The number of halogens is 2. The maximum Gasteiger partial charge on any atom is 0.220 e. The van der Waals surface area contributed by atoms with E-state index in [-0.39, 0.29) is 30.2 Å². The van der Waals surface area contributed by atoms with Crippen molar-refractivity contribution in [3.63, 3.8) is 0 Å². The van der Waals surface area contributed by atoms with Crippen LogP contribution in [0.5, 0.6) is 5.75 Å². The molecule has 0 aliphatic carbocycles. The molecule has 4 nitrogen and oxygen atoms in total. The van der Waals surface area contributed by atoms with Crippen LogP contribution >= 0.6 is 12.4 Å². The first-order chi connectivity index (χ1) is 9.24. The molecule has 0 saturated carbocycles. The highest BCUT2D eigenvalue weighted by Gasteiger charge is 2.15. The van der Waals surface area contributed by atoms with Gasteiger partial charge in [0.15, 0.2) is 0 Å². The average molecular weight is 303 g/mol. The molecule has 1 aromatic carbocycles. The molecule has 0 bridgehead atoms. The molecule has 1 aromatic rings. The first-order valence-corrected chi connectivity index (χ1v) is 6.62. The Hall–Kier alpha value is -1.33. The summed E-state index contributed by atoms with van der Waals surface area (Å²) in [6.07, 6.45) is 2.11. The molecule has 1 atom stereocenters. The standard InChI is InChI=1S/C14H19FN2O2.ClH/c15-11-3-5-13(6-4-11)19-9-1-2-14(18)17-12-7-8-16-10-12;/h3-6,12,16H,1-2,7-10H2,(H,17,18);1H. The Kier molecular flexibility index (Phi) is 7.33. The van der Waals surface area contributed by atoms with E-state index >= 15 is 0 Å². The smallest absolute Gasteiger partial charge is 0.220 e. The summed E-state index contributed by atoms with van der Waals surface area (Å²) in [7, 11) is 0. The molecule has 1 amide bonds. The van der Waals surface area contributed by atoms with Crippen LogP contribution in [0.15, 0.2) is 24.3 Å². The lowest BCUT2D eigenvalue weighted by molar-refractivity contribution is -0.121.